The van der Waals surface area contributed by atoms with Crippen molar-refractivity contribution in [2.45, 2.75) is 12.8 Å². The van der Waals surface area contributed by atoms with E-state index in [0.29, 0.717) is 5.56 Å². The van der Waals surface area contributed by atoms with Crippen molar-refractivity contribution in [1.29, 1.82) is 0 Å². The average Bonchev–Trinajstić information content (AvgIpc) is 2.83. The van der Waals surface area contributed by atoms with E-state index in [4.69, 9.17) is 0 Å². The molecular weight excluding hydrogens is 360 g/mol. The highest BCUT2D eigenvalue weighted by molar-refractivity contribution is 9.10. The fraction of sp³-hybridized carbons (Fsp3) is 0.353. The summed E-state index contributed by atoms with van der Waals surface area (Å²) >= 11 is 3.32. The molecular formula is C17H15BrN2O3. The lowest BCUT2D eigenvalue weighted by atomic mass is 9.63. The summed E-state index contributed by atoms with van der Waals surface area (Å²) in [6.07, 6.45) is 7.45. The Morgan fingerprint density at radius 1 is 1.13 bits per heavy atom. The van der Waals surface area contributed by atoms with Crippen LogP contribution in [0.25, 0.3) is 0 Å². The van der Waals surface area contributed by atoms with Gasteiger partial charge >= 0.3 is 0 Å². The number of halogens is 1. The molecule has 118 valence electrons. The Morgan fingerprint density at radius 2 is 1.74 bits per heavy atom. The molecule has 1 N–H and O–H groups in total. The second-order valence-corrected chi connectivity index (χ2v) is 7.19. The van der Waals surface area contributed by atoms with Crippen molar-refractivity contribution in [1.82, 2.24) is 5.01 Å². The Bertz CT molecular complexity index is 726. The SMILES string of the molecule is O=C1C2C3C=CC(CC3)C2C(=O)N1N=Cc1cc(Br)ccc1O. The molecule has 5 rings (SSSR count). The second kappa shape index (κ2) is 5.30. The number of allylic oxidation sites excluding steroid dienone is 2. The van der Waals surface area contributed by atoms with Gasteiger partial charge in [0.15, 0.2) is 0 Å². The first-order valence-electron chi connectivity index (χ1n) is 7.65. The van der Waals surface area contributed by atoms with Crippen LogP contribution in [0.15, 0.2) is 39.9 Å². The van der Waals surface area contributed by atoms with Crippen LogP contribution < -0.4 is 0 Å². The topological polar surface area (TPSA) is 70.0 Å². The van der Waals surface area contributed by atoms with Crippen LogP contribution in [-0.4, -0.2) is 28.1 Å². The number of carbonyl (C=O) groups is 2. The quantitative estimate of drug-likeness (QED) is 0.491. The van der Waals surface area contributed by atoms with E-state index >= 15 is 0 Å². The summed E-state index contributed by atoms with van der Waals surface area (Å²) in [6, 6.07) is 4.92. The number of rotatable bonds is 2. The molecule has 23 heavy (non-hydrogen) atoms. The van der Waals surface area contributed by atoms with Crippen LogP contribution in [0.5, 0.6) is 5.75 Å². The van der Waals surface area contributed by atoms with Gasteiger partial charge in [-0.15, -0.1) is 0 Å². The summed E-state index contributed by atoms with van der Waals surface area (Å²) in [7, 11) is 0. The Kier molecular flexibility index (Phi) is 3.37. The summed E-state index contributed by atoms with van der Waals surface area (Å²) in [5.41, 5.74) is 0.455. The molecule has 1 saturated carbocycles. The molecule has 1 aromatic carbocycles. The number of amides is 2. The standard InChI is InChI=1S/C17H15BrN2O3/c18-12-5-6-13(21)11(7-12)8-19-20-16(22)14-9-1-2-10(4-3-9)15(14)17(20)23/h1-2,5-10,14-15,21H,3-4H2. The number of hydrogen-bond donors (Lipinski definition) is 1. The maximum atomic E-state index is 12.6. The number of nitrogens with zero attached hydrogens (tertiary/aromatic N) is 2. The predicted octanol–water partition coefficient (Wildman–Crippen LogP) is 2.69. The zero-order chi connectivity index (χ0) is 16.1. The number of hydrogen-bond acceptors (Lipinski definition) is 4. The van der Waals surface area contributed by atoms with Crippen molar-refractivity contribution in [3.63, 3.8) is 0 Å². The number of carbonyl (C=O) groups excluding carboxylic acids is 2. The molecule has 4 aliphatic rings. The lowest BCUT2D eigenvalue weighted by Crippen LogP contribution is -2.38. The third-order valence-electron chi connectivity index (χ3n) is 5.04. The highest BCUT2D eigenvalue weighted by Gasteiger charge is 2.56. The van der Waals surface area contributed by atoms with E-state index in [-0.39, 0.29) is 41.2 Å². The summed E-state index contributed by atoms with van der Waals surface area (Å²) in [6.45, 7) is 0. The molecule has 2 fully saturated rings. The number of aromatic hydroxyl groups is 1. The van der Waals surface area contributed by atoms with E-state index in [0.717, 1.165) is 22.3 Å². The number of phenolic OH excluding ortho intramolecular Hbond substituents is 1. The van der Waals surface area contributed by atoms with Crippen molar-refractivity contribution in [3.05, 3.63) is 40.4 Å². The van der Waals surface area contributed by atoms with E-state index in [1.807, 2.05) is 0 Å². The van der Waals surface area contributed by atoms with Crippen molar-refractivity contribution in [2.24, 2.45) is 28.8 Å². The summed E-state index contributed by atoms with van der Waals surface area (Å²) in [4.78, 5) is 25.2. The third-order valence-corrected chi connectivity index (χ3v) is 5.53. The van der Waals surface area contributed by atoms with Crippen LogP contribution in [0.3, 0.4) is 0 Å². The Labute approximate surface area is 141 Å². The molecule has 6 heteroatoms. The molecule has 0 aromatic heterocycles. The Balaban J connectivity index is 1.63. The van der Waals surface area contributed by atoms with Gasteiger partial charge in [0.1, 0.15) is 5.75 Å². The van der Waals surface area contributed by atoms with Gasteiger partial charge < -0.3 is 5.11 Å². The molecule has 1 heterocycles. The monoisotopic (exact) mass is 374 g/mol. The van der Waals surface area contributed by atoms with Crippen LogP contribution in [0.1, 0.15) is 18.4 Å². The molecule has 4 atom stereocenters. The largest absolute Gasteiger partial charge is 0.507 e. The highest BCUT2D eigenvalue weighted by atomic mass is 79.9. The first kappa shape index (κ1) is 14.6. The van der Waals surface area contributed by atoms with Gasteiger partial charge in [0, 0.05) is 10.0 Å². The normalized spacial score (nSPS) is 32.1. The van der Waals surface area contributed by atoms with Crippen molar-refractivity contribution in [2.75, 3.05) is 0 Å². The van der Waals surface area contributed by atoms with Gasteiger partial charge in [-0.1, -0.05) is 28.1 Å². The zero-order valence-electron chi connectivity index (χ0n) is 12.2. The van der Waals surface area contributed by atoms with Gasteiger partial charge in [-0.3, -0.25) is 9.59 Å². The minimum Gasteiger partial charge on any atom is -0.507 e. The predicted molar refractivity (Wildman–Crippen MR) is 87.6 cm³/mol. The number of imide groups is 1. The molecule has 2 bridgehead atoms. The van der Waals surface area contributed by atoms with Gasteiger partial charge in [-0.05, 0) is 42.9 Å². The first-order valence-corrected chi connectivity index (χ1v) is 8.44. The molecule has 3 aliphatic carbocycles. The van der Waals surface area contributed by atoms with Crippen LogP contribution in [0.2, 0.25) is 0 Å². The van der Waals surface area contributed by atoms with Crippen LogP contribution in [0.4, 0.5) is 0 Å². The van der Waals surface area contributed by atoms with E-state index in [9.17, 15) is 14.7 Å². The summed E-state index contributed by atoms with van der Waals surface area (Å²) < 4.78 is 0.784. The van der Waals surface area contributed by atoms with Gasteiger partial charge in [0.05, 0.1) is 18.1 Å². The van der Waals surface area contributed by atoms with E-state index < -0.39 is 0 Å². The molecule has 5 nitrogen and oxygen atoms in total. The van der Waals surface area contributed by atoms with Crippen molar-refractivity contribution in [3.8, 4) is 5.75 Å². The molecule has 1 aliphatic heterocycles. The molecule has 1 aromatic rings. The highest BCUT2D eigenvalue weighted by Crippen LogP contribution is 2.49. The van der Waals surface area contributed by atoms with Gasteiger partial charge in [-0.2, -0.15) is 10.1 Å². The van der Waals surface area contributed by atoms with Crippen LogP contribution in [-0.2, 0) is 9.59 Å². The number of hydrazone groups is 1. The minimum absolute atomic E-state index is 0.0511. The Hall–Kier alpha value is -1.95. The molecule has 0 radical (unpaired) electrons. The summed E-state index contributed by atoms with van der Waals surface area (Å²) in [5, 5.41) is 14.9. The number of phenols is 1. The van der Waals surface area contributed by atoms with Crippen molar-refractivity contribution >= 4 is 34.0 Å². The van der Waals surface area contributed by atoms with E-state index in [1.165, 1.54) is 12.3 Å². The van der Waals surface area contributed by atoms with E-state index in [1.54, 1.807) is 12.1 Å². The van der Waals surface area contributed by atoms with Crippen molar-refractivity contribution < 1.29 is 14.7 Å². The fourth-order valence-electron chi connectivity index (χ4n) is 3.92. The van der Waals surface area contributed by atoms with E-state index in [2.05, 4.69) is 33.2 Å². The fourth-order valence-corrected chi connectivity index (χ4v) is 4.30. The maximum Gasteiger partial charge on any atom is 0.254 e. The first-order chi connectivity index (χ1) is 11.1. The lowest BCUT2D eigenvalue weighted by molar-refractivity contribution is -0.140. The molecule has 0 spiro atoms. The molecule has 2 amide bonds. The number of fused-ring (bicyclic) bond motifs is 1. The average molecular weight is 375 g/mol. The smallest absolute Gasteiger partial charge is 0.254 e. The summed E-state index contributed by atoms with van der Waals surface area (Å²) in [5.74, 6) is -0.606. The maximum absolute atomic E-state index is 12.6. The minimum atomic E-state index is -0.264. The number of benzene rings is 1. The second-order valence-electron chi connectivity index (χ2n) is 6.28. The zero-order valence-corrected chi connectivity index (χ0v) is 13.8. The van der Waals surface area contributed by atoms with Crippen LogP contribution in [0, 0.1) is 23.7 Å². The Morgan fingerprint density at radius 3 is 2.30 bits per heavy atom. The van der Waals surface area contributed by atoms with Gasteiger partial charge in [-0.25, -0.2) is 0 Å². The lowest BCUT2D eigenvalue weighted by Gasteiger charge is -2.37. The van der Waals surface area contributed by atoms with Crippen LogP contribution >= 0.6 is 15.9 Å². The van der Waals surface area contributed by atoms with Gasteiger partial charge in [0.25, 0.3) is 11.8 Å². The molecule has 4 unspecified atom stereocenters. The third kappa shape index (κ3) is 2.24. The van der Waals surface area contributed by atoms with Gasteiger partial charge in [0.2, 0.25) is 0 Å². The molecule has 1 saturated heterocycles.